The molecule has 0 amide bonds. The van der Waals surface area contributed by atoms with Gasteiger partial charge in [-0.05, 0) is 11.1 Å². The van der Waals surface area contributed by atoms with Crippen molar-refractivity contribution < 1.29 is 14.3 Å². The Kier molecular flexibility index (Phi) is 6.76. The van der Waals surface area contributed by atoms with Gasteiger partial charge < -0.3 is 9.47 Å². The van der Waals surface area contributed by atoms with E-state index in [1.807, 2.05) is 60.7 Å². The maximum absolute atomic E-state index is 11.5. The molecule has 114 valence electrons. The normalized spacial score (nSPS) is 10.5. The lowest BCUT2D eigenvalue weighted by Crippen LogP contribution is -2.05. The Morgan fingerprint density at radius 1 is 0.818 bits per heavy atom. The maximum Gasteiger partial charge on any atom is 0.333 e. The molecule has 0 aliphatic carbocycles. The van der Waals surface area contributed by atoms with Crippen LogP contribution in [0.3, 0.4) is 0 Å². The lowest BCUT2D eigenvalue weighted by atomic mass is 10.2. The van der Waals surface area contributed by atoms with Crippen LogP contribution >= 0.6 is 0 Å². The van der Waals surface area contributed by atoms with Crippen molar-refractivity contribution in [3.63, 3.8) is 0 Å². The van der Waals surface area contributed by atoms with Crippen molar-refractivity contribution >= 4 is 5.97 Å². The summed E-state index contributed by atoms with van der Waals surface area (Å²) in [5, 5.41) is 0. The SMILES string of the molecule is O=C(/C=C/OCCc1ccccc1)OCCc1ccccc1. The molecule has 0 fully saturated rings. The minimum absolute atomic E-state index is 0.372. The zero-order valence-corrected chi connectivity index (χ0v) is 12.5. The molecule has 0 spiro atoms. The van der Waals surface area contributed by atoms with E-state index in [4.69, 9.17) is 9.47 Å². The second-order valence-electron chi connectivity index (χ2n) is 4.81. The van der Waals surface area contributed by atoms with E-state index in [1.165, 1.54) is 17.9 Å². The van der Waals surface area contributed by atoms with E-state index in [1.54, 1.807) is 0 Å². The van der Waals surface area contributed by atoms with Gasteiger partial charge in [-0.2, -0.15) is 0 Å². The van der Waals surface area contributed by atoms with Crippen LogP contribution in [-0.4, -0.2) is 19.2 Å². The number of ether oxygens (including phenoxy) is 2. The fraction of sp³-hybridized carbons (Fsp3) is 0.211. The Morgan fingerprint density at radius 3 is 1.95 bits per heavy atom. The Bertz CT molecular complexity index is 576. The topological polar surface area (TPSA) is 35.5 Å². The van der Waals surface area contributed by atoms with Gasteiger partial charge in [-0.3, -0.25) is 0 Å². The van der Waals surface area contributed by atoms with Gasteiger partial charge in [-0.15, -0.1) is 0 Å². The molecule has 3 heteroatoms. The van der Waals surface area contributed by atoms with Crippen molar-refractivity contribution in [2.24, 2.45) is 0 Å². The molecule has 0 atom stereocenters. The first-order valence-corrected chi connectivity index (χ1v) is 7.37. The molecule has 0 unspecified atom stereocenters. The monoisotopic (exact) mass is 296 g/mol. The minimum Gasteiger partial charge on any atom is -0.501 e. The molecule has 0 radical (unpaired) electrons. The van der Waals surface area contributed by atoms with Gasteiger partial charge in [0.05, 0.1) is 25.6 Å². The quantitative estimate of drug-likeness (QED) is 0.323. The summed E-state index contributed by atoms with van der Waals surface area (Å²) in [6, 6.07) is 20.0. The molecule has 0 heterocycles. The van der Waals surface area contributed by atoms with Gasteiger partial charge in [-0.1, -0.05) is 60.7 Å². The molecule has 0 aromatic heterocycles. The standard InChI is InChI=1S/C19H20O3/c20-19(22-16-12-18-9-5-2-6-10-18)13-15-21-14-11-17-7-3-1-4-8-17/h1-10,13,15H,11-12,14,16H2/b15-13+. The molecule has 0 N–H and O–H groups in total. The average Bonchev–Trinajstić information content (AvgIpc) is 2.56. The third-order valence-corrected chi connectivity index (χ3v) is 3.13. The molecule has 2 aromatic rings. The van der Waals surface area contributed by atoms with Crippen molar-refractivity contribution in [1.82, 2.24) is 0 Å². The largest absolute Gasteiger partial charge is 0.501 e. The second kappa shape index (κ2) is 9.40. The Hall–Kier alpha value is -2.55. The highest BCUT2D eigenvalue weighted by atomic mass is 16.5. The number of carbonyl (C=O) groups is 1. The van der Waals surface area contributed by atoms with Crippen LogP contribution < -0.4 is 0 Å². The third kappa shape index (κ3) is 6.27. The number of carbonyl (C=O) groups excluding carboxylic acids is 1. The molecule has 2 rings (SSSR count). The number of hydrogen-bond acceptors (Lipinski definition) is 3. The summed E-state index contributed by atoms with van der Waals surface area (Å²) in [6.45, 7) is 0.912. The highest BCUT2D eigenvalue weighted by Gasteiger charge is 1.98. The van der Waals surface area contributed by atoms with Crippen LogP contribution in [0.5, 0.6) is 0 Å². The van der Waals surface area contributed by atoms with Crippen LogP contribution in [0.15, 0.2) is 73.0 Å². The lowest BCUT2D eigenvalue weighted by molar-refractivity contribution is -0.137. The van der Waals surface area contributed by atoms with E-state index < -0.39 is 0 Å². The van der Waals surface area contributed by atoms with Crippen molar-refractivity contribution in [2.75, 3.05) is 13.2 Å². The van der Waals surface area contributed by atoms with Crippen LogP contribution in [0.25, 0.3) is 0 Å². The predicted molar refractivity (Wildman–Crippen MR) is 86.3 cm³/mol. The van der Waals surface area contributed by atoms with Gasteiger partial charge in [0.15, 0.2) is 0 Å². The van der Waals surface area contributed by atoms with E-state index in [-0.39, 0.29) is 5.97 Å². The van der Waals surface area contributed by atoms with E-state index in [9.17, 15) is 4.79 Å². The third-order valence-electron chi connectivity index (χ3n) is 3.13. The first kappa shape index (κ1) is 15.8. The summed E-state index contributed by atoms with van der Waals surface area (Å²) in [6.07, 6.45) is 4.24. The van der Waals surface area contributed by atoms with Gasteiger partial charge in [-0.25, -0.2) is 4.79 Å². The molecule has 2 aromatic carbocycles. The van der Waals surface area contributed by atoms with Gasteiger partial charge in [0.2, 0.25) is 0 Å². The van der Waals surface area contributed by atoms with E-state index in [0.717, 1.165) is 18.4 Å². The Morgan fingerprint density at radius 2 is 1.36 bits per heavy atom. The summed E-state index contributed by atoms with van der Waals surface area (Å²) >= 11 is 0. The molecule has 22 heavy (non-hydrogen) atoms. The van der Waals surface area contributed by atoms with Crippen molar-refractivity contribution in [2.45, 2.75) is 12.8 Å². The molecule has 0 saturated carbocycles. The number of rotatable bonds is 8. The maximum atomic E-state index is 11.5. The highest BCUT2D eigenvalue weighted by molar-refractivity contribution is 5.81. The van der Waals surface area contributed by atoms with Crippen LogP contribution in [-0.2, 0) is 27.1 Å². The van der Waals surface area contributed by atoms with Crippen molar-refractivity contribution in [3.05, 3.63) is 84.1 Å². The van der Waals surface area contributed by atoms with Crippen LogP contribution in [0.4, 0.5) is 0 Å². The van der Waals surface area contributed by atoms with Gasteiger partial charge in [0.1, 0.15) is 0 Å². The summed E-state index contributed by atoms with van der Waals surface area (Å²) in [4.78, 5) is 11.5. The van der Waals surface area contributed by atoms with Crippen molar-refractivity contribution in [1.29, 1.82) is 0 Å². The molecular weight excluding hydrogens is 276 g/mol. The number of benzene rings is 2. The minimum atomic E-state index is -0.379. The molecule has 3 nitrogen and oxygen atoms in total. The first-order valence-electron chi connectivity index (χ1n) is 7.37. The van der Waals surface area contributed by atoms with Crippen LogP contribution in [0.1, 0.15) is 11.1 Å². The van der Waals surface area contributed by atoms with Gasteiger partial charge in [0.25, 0.3) is 0 Å². The van der Waals surface area contributed by atoms with Crippen LogP contribution in [0, 0.1) is 0 Å². The van der Waals surface area contributed by atoms with Crippen LogP contribution in [0.2, 0.25) is 0 Å². The number of hydrogen-bond donors (Lipinski definition) is 0. The molecule has 0 saturated heterocycles. The summed E-state index contributed by atoms with van der Waals surface area (Å²) in [7, 11) is 0. The summed E-state index contributed by atoms with van der Waals surface area (Å²) < 4.78 is 10.4. The number of esters is 1. The average molecular weight is 296 g/mol. The van der Waals surface area contributed by atoms with Gasteiger partial charge in [0, 0.05) is 12.8 Å². The van der Waals surface area contributed by atoms with E-state index >= 15 is 0 Å². The first-order chi connectivity index (χ1) is 10.8. The molecular formula is C19H20O3. The zero-order valence-electron chi connectivity index (χ0n) is 12.5. The fourth-order valence-electron chi connectivity index (χ4n) is 1.96. The Balaban J connectivity index is 1.56. The lowest BCUT2D eigenvalue weighted by Gasteiger charge is -2.03. The second-order valence-corrected chi connectivity index (χ2v) is 4.81. The fourth-order valence-corrected chi connectivity index (χ4v) is 1.96. The van der Waals surface area contributed by atoms with Gasteiger partial charge >= 0.3 is 5.97 Å². The highest BCUT2D eigenvalue weighted by Crippen LogP contribution is 2.01. The van der Waals surface area contributed by atoms with E-state index in [0.29, 0.717) is 13.2 Å². The Labute approximate surface area is 131 Å². The zero-order chi connectivity index (χ0) is 15.5. The van der Waals surface area contributed by atoms with Crippen molar-refractivity contribution in [3.8, 4) is 0 Å². The molecule has 0 bridgehead atoms. The summed E-state index contributed by atoms with van der Waals surface area (Å²) in [5.41, 5.74) is 2.36. The molecule has 0 aliphatic heterocycles. The van der Waals surface area contributed by atoms with E-state index in [2.05, 4.69) is 0 Å². The summed E-state index contributed by atoms with van der Waals surface area (Å²) in [5.74, 6) is -0.379. The molecule has 0 aliphatic rings. The predicted octanol–water partition coefficient (Wildman–Crippen LogP) is 3.55. The smallest absolute Gasteiger partial charge is 0.333 e.